The van der Waals surface area contributed by atoms with Gasteiger partial charge in [0, 0.05) is 22.6 Å². The Bertz CT molecular complexity index is 1080. The number of hydrogen-bond acceptors (Lipinski definition) is 3. The zero-order valence-corrected chi connectivity index (χ0v) is 16.7. The average Bonchev–Trinajstić information content (AvgIpc) is 2.96. The number of thiophene rings is 1. The van der Waals surface area contributed by atoms with Crippen molar-refractivity contribution in [3.8, 4) is 0 Å². The minimum atomic E-state index is -3.80. The Morgan fingerprint density at radius 3 is 2.81 bits per heavy atom. The lowest BCUT2D eigenvalue weighted by atomic mass is 10.1. The first kappa shape index (κ1) is 19.8. The highest BCUT2D eigenvalue weighted by Gasteiger charge is 2.36. The number of carbonyl (C=O) groups excluding carboxylic acids is 1. The summed E-state index contributed by atoms with van der Waals surface area (Å²) >= 11 is 7.42. The minimum Gasteiger partial charge on any atom is -0.344 e. The van der Waals surface area contributed by atoms with Crippen molar-refractivity contribution in [3.63, 3.8) is 0 Å². The van der Waals surface area contributed by atoms with Crippen LogP contribution >= 0.6 is 30.3 Å². The molecule has 0 bridgehead atoms. The van der Waals surface area contributed by atoms with E-state index in [2.05, 4.69) is 5.32 Å². The molecule has 4 nitrogen and oxygen atoms in total. The van der Waals surface area contributed by atoms with Crippen LogP contribution in [-0.2, 0) is 9.36 Å². The molecule has 8 heteroatoms. The molecule has 0 saturated heterocycles. The van der Waals surface area contributed by atoms with Crippen molar-refractivity contribution in [1.29, 1.82) is 0 Å². The lowest BCUT2D eigenvalue weighted by Gasteiger charge is -2.18. The molecule has 2 atom stereocenters. The van der Waals surface area contributed by atoms with Gasteiger partial charge in [-0.1, -0.05) is 23.7 Å². The first-order valence-electron chi connectivity index (χ1n) is 7.95. The number of nitrogens with one attached hydrogen (secondary N) is 1. The number of halogens is 2. The number of hydrogen-bond donors (Lipinski definition) is 2. The number of carbonyl (C=O) groups is 1. The average molecular weight is 424 g/mol. The monoisotopic (exact) mass is 423 g/mol. The molecule has 3 aromatic rings. The molecule has 140 valence electrons. The predicted octanol–water partition coefficient (Wildman–Crippen LogP) is 5.42. The number of benzene rings is 2. The van der Waals surface area contributed by atoms with Gasteiger partial charge in [0.05, 0.1) is 0 Å². The molecule has 1 aromatic heterocycles. The van der Waals surface area contributed by atoms with Crippen LogP contribution in [0.25, 0.3) is 16.2 Å². The summed E-state index contributed by atoms with van der Waals surface area (Å²) in [7, 11) is -3.80. The van der Waals surface area contributed by atoms with Crippen molar-refractivity contribution in [3.05, 3.63) is 76.0 Å². The van der Waals surface area contributed by atoms with E-state index in [-0.39, 0.29) is 0 Å². The molecule has 0 saturated carbocycles. The predicted molar refractivity (Wildman–Crippen MR) is 109 cm³/mol. The van der Waals surface area contributed by atoms with Gasteiger partial charge in [0.2, 0.25) is 13.3 Å². The molecule has 1 heterocycles. The van der Waals surface area contributed by atoms with Gasteiger partial charge < -0.3 is 10.2 Å². The van der Waals surface area contributed by atoms with Gasteiger partial charge in [-0.15, -0.1) is 11.3 Å². The van der Waals surface area contributed by atoms with E-state index in [9.17, 15) is 18.6 Å². The number of rotatable bonds is 5. The third-order valence-electron chi connectivity index (χ3n) is 3.94. The Morgan fingerprint density at radius 2 is 2.11 bits per heavy atom. The van der Waals surface area contributed by atoms with Crippen molar-refractivity contribution in [2.24, 2.45) is 0 Å². The molecule has 0 radical (unpaired) electrons. The van der Waals surface area contributed by atoms with Gasteiger partial charge in [0.15, 0.2) is 0 Å². The third-order valence-corrected chi connectivity index (χ3v) is 6.63. The quantitative estimate of drug-likeness (QED) is 0.538. The Hall–Kier alpha value is -1.98. The van der Waals surface area contributed by atoms with Gasteiger partial charge in [-0.25, -0.2) is 4.39 Å². The van der Waals surface area contributed by atoms with E-state index in [1.807, 2.05) is 6.07 Å². The largest absolute Gasteiger partial charge is 0.344 e. The summed E-state index contributed by atoms with van der Waals surface area (Å²) < 4.78 is 26.5. The lowest BCUT2D eigenvalue weighted by molar-refractivity contribution is -0.120. The zero-order chi connectivity index (χ0) is 19.6. The van der Waals surface area contributed by atoms with Crippen molar-refractivity contribution >= 4 is 52.4 Å². The van der Waals surface area contributed by atoms with E-state index < -0.39 is 24.8 Å². The summed E-state index contributed by atoms with van der Waals surface area (Å²) in [6.45, 7) is 1.15. The van der Waals surface area contributed by atoms with Crippen LogP contribution in [0.2, 0.25) is 5.02 Å². The Morgan fingerprint density at radius 1 is 1.33 bits per heavy atom. The minimum absolute atomic E-state index is 0.392. The van der Waals surface area contributed by atoms with Gasteiger partial charge in [-0.05, 0) is 58.3 Å². The molecule has 3 rings (SSSR count). The second-order valence-corrected chi connectivity index (χ2v) is 9.82. The number of amides is 1. The van der Waals surface area contributed by atoms with Gasteiger partial charge in [0.25, 0.3) is 0 Å². The van der Waals surface area contributed by atoms with Crippen LogP contribution in [0.5, 0.6) is 0 Å². The fraction of sp³-hybridized carbons (Fsp3) is 0.105. The van der Waals surface area contributed by atoms with Gasteiger partial charge in [-0.2, -0.15) is 0 Å². The van der Waals surface area contributed by atoms with Crippen LogP contribution in [0.4, 0.5) is 4.39 Å². The second kappa shape index (κ2) is 7.95. The van der Waals surface area contributed by atoms with Crippen molar-refractivity contribution in [2.75, 3.05) is 6.66 Å². The van der Waals surface area contributed by atoms with Crippen LogP contribution in [0, 0.1) is 5.82 Å². The van der Waals surface area contributed by atoms with Crippen LogP contribution < -0.4 is 5.32 Å². The zero-order valence-electron chi connectivity index (χ0n) is 14.2. The molecular formula is C19H16ClFNO3PS. The molecule has 0 fully saturated rings. The summed E-state index contributed by atoms with van der Waals surface area (Å²) in [5.74, 6) is -1.01. The summed E-state index contributed by atoms with van der Waals surface area (Å²) in [5.41, 5.74) is -0.215. The molecule has 0 spiro atoms. The molecule has 0 aliphatic rings. The van der Waals surface area contributed by atoms with E-state index in [0.717, 1.165) is 11.4 Å². The highest BCUT2D eigenvalue weighted by molar-refractivity contribution is 7.58. The van der Waals surface area contributed by atoms with Gasteiger partial charge in [0.1, 0.15) is 11.5 Å². The SMILES string of the molecule is CP(=O)(O)C(C(=O)N/C=C/c1cccc(F)c1)c1csc2ccc(Cl)cc12. The van der Waals surface area contributed by atoms with Crippen molar-refractivity contribution in [2.45, 2.75) is 5.66 Å². The smallest absolute Gasteiger partial charge is 0.241 e. The maximum absolute atomic E-state index is 13.2. The Kier molecular flexibility index (Phi) is 5.82. The first-order chi connectivity index (χ1) is 12.8. The normalized spacial score (nSPS) is 15.0. The summed E-state index contributed by atoms with van der Waals surface area (Å²) in [6, 6.07) is 11.1. The van der Waals surface area contributed by atoms with Gasteiger partial charge in [-0.3, -0.25) is 9.36 Å². The maximum atomic E-state index is 13.2. The molecule has 2 aromatic carbocycles. The first-order valence-corrected chi connectivity index (χ1v) is 11.4. The fourth-order valence-electron chi connectivity index (χ4n) is 2.76. The van der Waals surface area contributed by atoms with E-state index in [0.29, 0.717) is 21.5 Å². The molecule has 0 aliphatic carbocycles. The van der Waals surface area contributed by atoms with Crippen molar-refractivity contribution < 1.29 is 18.6 Å². The molecule has 1 amide bonds. The molecular weight excluding hydrogens is 408 g/mol. The molecule has 27 heavy (non-hydrogen) atoms. The van der Waals surface area contributed by atoms with Crippen LogP contribution in [0.15, 0.2) is 54.0 Å². The molecule has 2 unspecified atom stereocenters. The van der Waals surface area contributed by atoms with E-state index in [1.54, 1.807) is 29.6 Å². The van der Waals surface area contributed by atoms with E-state index >= 15 is 0 Å². The molecule has 2 N–H and O–H groups in total. The summed E-state index contributed by atoms with van der Waals surface area (Å²) in [4.78, 5) is 22.9. The highest BCUT2D eigenvalue weighted by Crippen LogP contribution is 2.54. The van der Waals surface area contributed by atoms with E-state index in [4.69, 9.17) is 11.6 Å². The second-order valence-electron chi connectivity index (χ2n) is 6.07. The Labute approximate surface area is 164 Å². The summed E-state index contributed by atoms with van der Waals surface area (Å²) in [6.07, 6.45) is 2.85. The topological polar surface area (TPSA) is 66.4 Å². The van der Waals surface area contributed by atoms with Crippen molar-refractivity contribution in [1.82, 2.24) is 5.32 Å². The van der Waals surface area contributed by atoms with Crippen LogP contribution in [0.3, 0.4) is 0 Å². The fourth-order valence-corrected chi connectivity index (χ4v) is 5.24. The molecule has 0 aliphatic heterocycles. The number of fused-ring (bicyclic) bond motifs is 1. The lowest BCUT2D eigenvalue weighted by Crippen LogP contribution is -2.25. The third kappa shape index (κ3) is 4.66. The Balaban J connectivity index is 1.89. The maximum Gasteiger partial charge on any atom is 0.241 e. The van der Waals surface area contributed by atoms with Crippen LogP contribution in [0.1, 0.15) is 16.8 Å². The highest BCUT2D eigenvalue weighted by atomic mass is 35.5. The van der Waals surface area contributed by atoms with Crippen LogP contribution in [-0.4, -0.2) is 17.5 Å². The van der Waals surface area contributed by atoms with E-state index in [1.165, 1.54) is 35.7 Å². The standard InChI is InChI=1S/C19H16ClFNO3PS/c1-26(24,25)18(16-11-27-17-6-5-13(20)10-15(16)17)19(23)22-8-7-12-3-2-4-14(21)9-12/h2-11,18H,1H3,(H,22,23)(H,24,25)/b8-7+. The van der Waals surface area contributed by atoms with Gasteiger partial charge >= 0.3 is 0 Å². The summed E-state index contributed by atoms with van der Waals surface area (Å²) in [5, 5.41) is 5.39.